The molecule has 2 saturated carbocycles. The summed E-state index contributed by atoms with van der Waals surface area (Å²) in [7, 11) is 0. The van der Waals surface area contributed by atoms with Crippen LogP contribution < -0.4 is 0 Å². The van der Waals surface area contributed by atoms with Crippen LogP contribution in [-0.4, -0.2) is 9.78 Å². The Morgan fingerprint density at radius 1 is 1.24 bits per heavy atom. The Balaban J connectivity index is 1.84. The predicted octanol–water partition coefficient (Wildman–Crippen LogP) is 3.58. The quantitative estimate of drug-likeness (QED) is 0.794. The van der Waals surface area contributed by atoms with Gasteiger partial charge in [0.25, 0.3) is 0 Å². The summed E-state index contributed by atoms with van der Waals surface area (Å²) in [5.41, 5.74) is -0.240. The number of rotatable bonds is 3. The van der Waals surface area contributed by atoms with Crippen molar-refractivity contribution < 1.29 is 13.2 Å². The second kappa shape index (κ2) is 3.75. The van der Waals surface area contributed by atoms with Gasteiger partial charge in [0, 0.05) is 18.7 Å². The van der Waals surface area contributed by atoms with E-state index in [9.17, 15) is 13.2 Å². The van der Waals surface area contributed by atoms with Crippen molar-refractivity contribution >= 4 is 0 Å². The molecule has 0 radical (unpaired) electrons. The molecular weight excluding hydrogens is 229 g/mol. The molecule has 0 bridgehead atoms. The van der Waals surface area contributed by atoms with Crippen molar-refractivity contribution in [3.05, 3.63) is 17.5 Å². The molecule has 0 amide bonds. The van der Waals surface area contributed by atoms with Gasteiger partial charge in [-0.3, -0.25) is 4.68 Å². The molecule has 0 aromatic carbocycles. The molecule has 0 spiro atoms. The number of halogens is 3. The van der Waals surface area contributed by atoms with Gasteiger partial charge in [-0.2, -0.15) is 18.3 Å². The largest absolute Gasteiger partial charge is 0.419 e. The second-order valence-electron chi connectivity index (χ2n) is 5.22. The Morgan fingerprint density at radius 2 is 1.94 bits per heavy atom. The highest BCUT2D eigenvalue weighted by molar-refractivity contribution is 5.27. The van der Waals surface area contributed by atoms with Gasteiger partial charge in [-0.15, -0.1) is 0 Å². The molecule has 0 aliphatic heterocycles. The summed E-state index contributed by atoms with van der Waals surface area (Å²) < 4.78 is 40.0. The van der Waals surface area contributed by atoms with Gasteiger partial charge in [0.05, 0.1) is 11.3 Å². The molecule has 5 heteroatoms. The first-order valence-corrected chi connectivity index (χ1v) is 6.18. The molecule has 0 N–H and O–H groups in total. The van der Waals surface area contributed by atoms with E-state index in [0.29, 0.717) is 12.5 Å². The van der Waals surface area contributed by atoms with E-state index < -0.39 is 11.7 Å². The first kappa shape index (κ1) is 11.1. The molecule has 1 heterocycles. The average molecular weight is 244 g/mol. The second-order valence-corrected chi connectivity index (χ2v) is 5.22. The van der Waals surface area contributed by atoms with Crippen LogP contribution in [0.5, 0.6) is 0 Å². The zero-order valence-electron chi connectivity index (χ0n) is 9.50. The Morgan fingerprint density at radius 3 is 2.41 bits per heavy atom. The third-order valence-corrected chi connectivity index (χ3v) is 3.73. The minimum absolute atomic E-state index is 0.0502. The van der Waals surface area contributed by atoms with Gasteiger partial charge < -0.3 is 0 Å². The van der Waals surface area contributed by atoms with Gasteiger partial charge in [-0.25, -0.2) is 0 Å². The highest BCUT2D eigenvalue weighted by Crippen LogP contribution is 2.45. The number of aromatic nitrogens is 2. The zero-order valence-corrected chi connectivity index (χ0v) is 9.50. The van der Waals surface area contributed by atoms with Crippen LogP contribution in [0.4, 0.5) is 13.2 Å². The molecule has 2 aliphatic rings. The van der Waals surface area contributed by atoms with E-state index >= 15 is 0 Å². The normalized spacial score (nSPS) is 21.6. The van der Waals surface area contributed by atoms with Gasteiger partial charge >= 0.3 is 6.18 Å². The summed E-state index contributed by atoms with van der Waals surface area (Å²) in [5.74, 6) is 0.581. The van der Waals surface area contributed by atoms with Crippen LogP contribution in [0.25, 0.3) is 0 Å². The lowest BCUT2D eigenvalue weighted by molar-refractivity contribution is -0.138. The van der Waals surface area contributed by atoms with Crippen molar-refractivity contribution in [3.63, 3.8) is 0 Å². The first-order chi connectivity index (χ1) is 8.04. The van der Waals surface area contributed by atoms with E-state index in [2.05, 4.69) is 5.10 Å². The predicted molar refractivity (Wildman–Crippen MR) is 56.5 cm³/mol. The fourth-order valence-electron chi connectivity index (χ4n) is 2.35. The lowest BCUT2D eigenvalue weighted by Gasteiger charge is -2.24. The standard InChI is InChI=1S/C12H15F3N2/c13-12(14,15)10-7-17(6-8-2-1-3-8)16-11(10)9-4-5-9/h7-9H,1-6H2. The molecule has 2 nitrogen and oxygen atoms in total. The lowest BCUT2D eigenvalue weighted by atomic mass is 9.85. The summed E-state index contributed by atoms with van der Waals surface area (Å²) in [6, 6.07) is 0. The van der Waals surface area contributed by atoms with Crippen molar-refractivity contribution in [2.24, 2.45) is 5.92 Å². The minimum atomic E-state index is -4.25. The van der Waals surface area contributed by atoms with E-state index in [1.54, 1.807) is 0 Å². The maximum Gasteiger partial charge on any atom is 0.419 e. The first-order valence-electron chi connectivity index (χ1n) is 6.18. The van der Waals surface area contributed by atoms with E-state index in [4.69, 9.17) is 0 Å². The molecule has 0 saturated heterocycles. The smallest absolute Gasteiger partial charge is 0.272 e. The highest BCUT2D eigenvalue weighted by Gasteiger charge is 2.41. The van der Waals surface area contributed by atoms with Crippen LogP contribution in [0, 0.1) is 5.92 Å². The summed E-state index contributed by atoms with van der Waals surface area (Å²) in [4.78, 5) is 0. The van der Waals surface area contributed by atoms with Crippen LogP contribution in [0.3, 0.4) is 0 Å². The molecule has 0 atom stereocenters. The molecule has 2 fully saturated rings. The topological polar surface area (TPSA) is 17.8 Å². The molecule has 1 aromatic rings. The molecule has 94 valence electrons. The number of hydrogen-bond acceptors (Lipinski definition) is 1. The van der Waals surface area contributed by atoms with E-state index in [-0.39, 0.29) is 11.6 Å². The molecule has 1 aromatic heterocycles. The van der Waals surface area contributed by atoms with Crippen molar-refractivity contribution in [1.29, 1.82) is 0 Å². The maximum atomic E-state index is 12.8. The molecule has 0 unspecified atom stereocenters. The van der Waals surface area contributed by atoms with Gasteiger partial charge in [-0.05, 0) is 31.6 Å². The molecule has 2 aliphatic carbocycles. The number of nitrogens with zero attached hydrogens (tertiary/aromatic N) is 2. The zero-order chi connectivity index (χ0) is 12.0. The molecule has 3 rings (SSSR count). The Labute approximate surface area is 97.8 Å². The van der Waals surface area contributed by atoms with Gasteiger partial charge in [0.1, 0.15) is 0 Å². The van der Waals surface area contributed by atoms with E-state index in [1.165, 1.54) is 17.3 Å². The lowest BCUT2D eigenvalue weighted by Crippen LogP contribution is -2.18. The van der Waals surface area contributed by atoms with Crippen LogP contribution in [-0.2, 0) is 12.7 Å². The number of hydrogen-bond donors (Lipinski definition) is 0. The van der Waals surface area contributed by atoms with Gasteiger partial charge in [0.15, 0.2) is 0 Å². The summed E-state index contributed by atoms with van der Waals surface area (Å²) >= 11 is 0. The molecule has 17 heavy (non-hydrogen) atoms. The van der Waals surface area contributed by atoms with E-state index in [1.807, 2.05) is 0 Å². The van der Waals surface area contributed by atoms with Crippen LogP contribution >= 0.6 is 0 Å². The van der Waals surface area contributed by atoms with E-state index in [0.717, 1.165) is 25.7 Å². The van der Waals surface area contributed by atoms with Crippen molar-refractivity contribution in [3.8, 4) is 0 Å². The highest BCUT2D eigenvalue weighted by atomic mass is 19.4. The fourth-order valence-corrected chi connectivity index (χ4v) is 2.35. The van der Waals surface area contributed by atoms with Gasteiger partial charge in [0.2, 0.25) is 0 Å². The monoisotopic (exact) mass is 244 g/mol. The van der Waals surface area contributed by atoms with Crippen LogP contribution in [0.1, 0.15) is 49.3 Å². The third-order valence-electron chi connectivity index (χ3n) is 3.73. The summed E-state index contributed by atoms with van der Waals surface area (Å²) in [6.45, 7) is 0.649. The van der Waals surface area contributed by atoms with Crippen molar-refractivity contribution in [1.82, 2.24) is 9.78 Å². The fraction of sp³-hybridized carbons (Fsp3) is 0.750. The maximum absolute atomic E-state index is 12.8. The Kier molecular flexibility index (Phi) is 2.45. The number of alkyl halides is 3. The van der Waals surface area contributed by atoms with Crippen molar-refractivity contribution in [2.75, 3.05) is 0 Å². The minimum Gasteiger partial charge on any atom is -0.272 e. The molecular formula is C12H15F3N2. The third kappa shape index (κ3) is 2.19. The van der Waals surface area contributed by atoms with Crippen LogP contribution in [0.15, 0.2) is 6.20 Å². The summed E-state index contributed by atoms with van der Waals surface area (Å²) in [5, 5.41) is 4.16. The van der Waals surface area contributed by atoms with Gasteiger partial charge in [-0.1, -0.05) is 6.42 Å². The Hall–Kier alpha value is -1.00. The average Bonchev–Trinajstić information content (AvgIpc) is 2.91. The Bertz CT molecular complexity index is 414. The SMILES string of the molecule is FC(F)(F)c1cn(CC2CCC2)nc1C1CC1. The van der Waals surface area contributed by atoms with Crippen molar-refractivity contribution in [2.45, 2.75) is 50.7 Å². The van der Waals surface area contributed by atoms with Crippen LogP contribution in [0.2, 0.25) is 0 Å². The summed E-state index contributed by atoms with van der Waals surface area (Å²) in [6.07, 6.45) is 2.10.